The average Bonchev–Trinajstić information content (AvgIpc) is 2.65. The largest absolute Gasteiger partial charge is 0.385 e. The Hall–Kier alpha value is -2.03. The van der Waals surface area contributed by atoms with Gasteiger partial charge in [0.05, 0.1) is 12.5 Å². The van der Waals surface area contributed by atoms with Crippen molar-refractivity contribution in [1.29, 1.82) is 0 Å². The van der Waals surface area contributed by atoms with Gasteiger partial charge in [0.15, 0.2) is 0 Å². The number of terminal acetylenes is 1. The fourth-order valence-corrected chi connectivity index (χ4v) is 2.11. The van der Waals surface area contributed by atoms with Gasteiger partial charge in [0.1, 0.15) is 11.9 Å². The van der Waals surface area contributed by atoms with Gasteiger partial charge in [-0.05, 0) is 20.8 Å². The molecule has 0 saturated heterocycles. The second-order valence-corrected chi connectivity index (χ2v) is 4.36. The molecule has 0 aromatic heterocycles. The Kier molecular flexibility index (Phi) is 4.93. The standard InChI is InChI=1S/C13H20N4O2/c1-5-9(4)17-10(12(14)15-13(17)19)8-11(18)16(6-2)7-3/h1,9-10H,6-8H2,2-4H3,(H2,14,15,19). The molecule has 0 fully saturated rings. The van der Waals surface area contributed by atoms with Crippen molar-refractivity contribution < 1.29 is 9.59 Å². The minimum absolute atomic E-state index is 0.0583. The molecule has 2 N–H and O–H groups in total. The van der Waals surface area contributed by atoms with E-state index < -0.39 is 18.1 Å². The molecule has 0 spiro atoms. The summed E-state index contributed by atoms with van der Waals surface area (Å²) in [6.45, 7) is 6.76. The summed E-state index contributed by atoms with van der Waals surface area (Å²) in [7, 11) is 0. The third-order valence-corrected chi connectivity index (χ3v) is 3.27. The van der Waals surface area contributed by atoms with Crippen molar-refractivity contribution >= 4 is 17.8 Å². The van der Waals surface area contributed by atoms with E-state index in [0.717, 1.165) is 0 Å². The molecule has 3 amide bonds. The van der Waals surface area contributed by atoms with Crippen molar-refractivity contribution in [3.63, 3.8) is 0 Å². The molecule has 6 nitrogen and oxygen atoms in total. The van der Waals surface area contributed by atoms with Gasteiger partial charge in [-0.15, -0.1) is 6.42 Å². The quantitative estimate of drug-likeness (QED) is 0.731. The molecule has 1 aliphatic rings. The van der Waals surface area contributed by atoms with Gasteiger partial charge < -0.3 is 10.6 Å². The number of rotatable bonds is 5. The van der Waals surface area contributed by atoms with E-state index in [1.54, 1.807) is 11.8 Å². The van der Waals surface area contributed by atoms with E-state index in [0.29, 0.717) is 13.1 Å². The van der Waals surface area contributed by atoms with Crippen LogP contribution in [0.5, 0.6) is 0 Å². The number of urea groups is 1. The molecule has 0 saturated carbocycles. The van der Waals surface area contributed by atoms with Gasteiger partial charge in [0.25, 0.3) is 0 Å². The summed E-state index contributed by atoms with van der Waals surface area (Å²) in [4.78, 5) is 30.6. The summed E-state index contributed by atoms with van der Waals surface area (Å²) >= 11 is 0. The molecule has 6 heteroatoms. The number of nitrogens with zero attached hydrogens (tertiary/aromatic N) is 3. The first-order valence-corrected chi connectivity index (χ1v) is 6.36. The highest BCUT2D eigenvalue weighted by molar-refractivity contribution is 6.04. The van der Waals surface area contributed by atoms with Gasteiger partial charge in [0.2, 0.25) is 5.91 Å². The Morgan fingerprint density at radius 1 is 1.58 bits per heavy atom. The van der Waals surface area contributed by atoms with Gasteiger partial charge in [-0.25, -0.2) is 4.79 Å². The highest BCUT2D eigenvalue weighted by Crippen LogP contribution is 2.18. The number of nitrogens with two attached hydrogens (primary N) is 1. The van der Waals surface area contributed by atoms with Gasteiger partial charge in [-0.2, -0.15) is 4.99 Å². The highest BCUT2D eigenvalue weighted by Gasteiger charge is 2.37. The van der Waals surface area contributed by atoms with Gasteiger partial charge in [0, 0.05) is 13.1 Å². The predicted molar refractivity (Wildman–Crippen MR) is 73.5 cm³/mol. The SMILES string of the molecule is C#CC(C)N1C(=O)N=C(N)C1CC(=O)N(CC)CC. The van der Waals surface area contributed by atoms with Crippen LogP contribution in [0.2, 0.25) is 0 Å². The van der Waals surface area contributed by atoms with Crippen LogP contribution in [0.15, 0.2) is 4.99 Å². The number of carbonyl (C=O) groups excluding carboxylic acids is 2. The minimum Gasteiger partial charge on any atom is -0.385 e. The second kappa shape index (κ2) is 6.23. The molecular weight excluding hydrogens is 244 g/mol. The topological polar surface area (TPSA) is 79.0 Å². The normalized spacial score (nSPS) is 19.9. The maximum absolute atomic E-state index is 12.1. The molecule has 0 radical (unpaired) electrons. The summed E-state index contributed by atoms with van der Waals surface area (Å²) < 4.78 is 0. The van der Waals surface area contributed by atoms with E-state index in [-0.39, 0.29) is 18.2 Å². The smallest absolute Gasteiger partial charge is 0.346 e. The summed E-state index contributed by atoms with van der Waals surface area (Å²) in [6.07, 6.45) is 5.45. The highest BCUT2D eigenvalue weighted by atomic mass is 16.2. The van der Waals surface area contributed by atoms with Crippen molar-refractivity contribution in [2.75, 3.05) is 13.1 Å². The van der Waals surface area contributed by atoms with Crippen LogP contribution in [0.3, 0.4) is 0 Å². The van der Waals surface area contributed by atoms with E-state index >= 15 is 0 Å². The molecule has 2 atom stereocenters. The molecule has 1 heterocycles. The molecule has 104 valence electrons. The van der Waals surface area contributed by atoms with Crippen LogP contribution in [0.25, 0.3) is 0 Å². The van der Waals surface area contributed by atoms with Crippen molar-refractivity contribution in [3.05, 3.63) is 0 Å². The summed E-state index contributed by atoms with van der Waals surface area (Å²) in [5.74, 6) is 2.57. The molecular formula is C13H20N4O2. The first-order valence-electron chi connectivity index (χ1n) is 6.36. The number of amides is 3. The zero-order chi connectivity index (χ0) is 14.6. The van der Waals surface area contributed by atoms with Crippen LogP contribution in [-0.4, -0.2) is 52.7 Å². The second-order valence-electron chi connectivity index (χ2n) is 4.36. The Bertz CT molecular complexity index is 434. The lowest BCUT2D eigenvalue weighted by molar-refractivity contribution is -0.131. The molecule has 1 rings (SSSR count). The Balaban J connectivity index is 2.85. The molecule has 1 aliphatic heterocycles. The lowest BCUT2D eigenvalue weighted by atomic mass is 10.1. The lowest BCUT2D eigenvalue weighted by Crippen LogP contribution is -2.48. The van der Waals surface area contributed by atoms with Crippen LogP contribution in [-0.2, 0) is 4.79 Å². The lowest BCUT2D eigenvalue weighted by Gasteiger charge is -2.28. The van der Waals surface area contributed by atoms with Crippen LogP contribution >= 0.6 is 0 Å². The average molecular weight is 264 g/mol. The van der Waals surface area contributed by atoms with Crippen molar-refractivity contribution in [2.24, 2.45) is 10.7 Å². The molecule has 0 bridgehead atoms. The maximum Gasteiger partial charge on any atom is 0.346 e. The first-order chi connectivity index (χ1) is 8.96. The van der Waals surface area contributed by atoms with Gasteiger partial charge >= 0.3 is 6.03 Å². The number of hydrogen-bond donors (Lipinski definition) is 1. The Labute approximate surface area is 113 Å². The zero-order valence-electron chi connectivity index (χ0n) is 11.6. The zero-order valence-corrected chi connectivity index (χ0v) is 11.6. The number of carbonyl (C=O) groups is 2. The number of aliphatic imine (C=N–C) groups is 1. The van der Waals surface area contributed by atoms with Crippen LogP contribution in [0.1, 0.15) is 27.2 Å². The van der Waals surface area contributed by atoms with Crippen molar-refractivity contribution in [2.45, 2.75) is 39.3 Å². The fraction of sp³-hybridized carbons (Fsp3) is 0.615. The van der Waals surface area contributed by atoms with Crippen LogP contribution in [0, 0.1) is 12.3 Å². The minimum atomic E-state index is -0.536. The third-order valence-electron chi connectivity index (χ3n) is 3.27. The molecule has 0 aliphatic carbocycles. The van der Waals surface area contributed by atoms with Gasteiger partial charge in [-0.1, -0.05) is 5.92 Å². The summed E-state index contributed by atoms with van der Waals surface area (Å²) in [5, 5.41) is 0. The van der Waals surface area contributed by atoms with Gasteiger partial charge in [-0.3, -0.25) is 9.69 Å². The fourth-order valence-electron chi connectivity index (χ4n) is 2.11. The van der Waals surface area contributed by atoms with E-state index in [9.17, 15) is 9.59 Å². The Morgan fingerprint density at radius 2 is 2.16 bits per heavy atom. The van der Waals surface area contributed by atoms with Crippen molar-refractivity contribution in [3.8, 4) is 12.3 Å². The summed E-state index contributed by atoms with van der Waals surface area (Å²) in [5.41, 5.74) is 5.73. The molecule has 2 unspecified atom stereocenters. The van der Waals surface area contributed by atoms with E-state index in [1.165, 1.54) is 4.90 Å². The first kappa shape index (κ1) is 15.0. The van der Waals surface area contributed by atoms with E-state index in [2.05, 4.69) is 10.9 Å². The Morgan fingerprint density at radius 3 is 2.63 bits per heavy atom. The predicted octanol–water partition coefficient (Wildman–Crippen LogP) is 0.428. The third kappa shape index (κ3) is 3.05. The van der Waals surface area contributed by atoms with Crippen LogP contribution in [0.4, 0.5) is 4.79 Å². The number of hydrogen-bond acceptors (Lipinski definition) is 3. The van der Waals surface area contributed by atoms with Crippen LogP contribution < -0.4 is 5.73 Å². The van der Waals surface area contributed by atoms with E-state index in [1.807, 2.05) is 13.8 Å². The van der Waals surface area contributed by atoms with Crippen molar-refractivity contribution in [1.82, 2.24) is 9.80 Å². The molecule has 0 aromatic rings. The maximum atomic E-state index is 12.1. The van der Waals surface area contributed by atoms with E-state index in [4.69, 9.17) is 12.2 Å². The summed E-state index contributed by atoms with van der Waals surface area (Å²) in [6, 6.07) is -1.45. The molecule has 19 heavy (non-hydrogen) atoms. The monoisotopic (exact) mass is 264 g/mol. The number of amidine groups is 1. The molecule has 0 aromatic carbocycles.